The van der Waals surface area contributed by atoms with E-state index in [0.29, 0.717) is 19.1 Å². The number of nitrogens with zero attached hydrogens (tertiary/aromatic N) is 3. The van der Waals surface area contributed by atoms with Gasteiger partial charge in [-0.25, -0.2) is 10.2 Å². The van der Waals surface area contributed by atoms with Gasteiger partial charge in [0.2, 0.25) is 0 Å². The summed E-state index contributed by atoms with van der Waals surface area (Å²) in [5, 5.41) is 1.31. The first-order valence-electron chi connectivity index (χ1n) is 9.66. The molecule has 2 aromatic rings. The molecular weight excluding hydrogens is 324 g/mol. The predicted molar refractivity (Wildman–Crippen MR) is 107 cm³/mol. The summed E-state index contributed by atoms with van der Waals surface area (Å²) in [6.45, 7) is 8.66. The van der Waals surface area contributed by atoms with Gasteiger partial charge in [0.1, 0.15) is 0 Å². The lowest BCUT2D eigenvalue weighted by Crippen LogP contribution is -2.39. The number of amides is 2. The predicted octanol–water partition coefficient (Wildman–Crippen LogP) is 3.60. The van der Waals surface area contributed by atoms with Crippen molar-refractivity contribution in [3.8, 4) is 0 Å². The Balaban J connectivity index is 1.84. The van der Waals surface area contributed by atoms with E-state index in [0.717, 1.165) is 30.6 Å². The van der Waals surface area contributed by atoms with Crippen LogP contribution in [0.1, 0.15) is 37.1 Å². The van der Waals surface area contributed by atoms with Crippen LogP contribution >= 0.6 is 0 Å². The van der Waals surface area contributed by atoms with Crippen LogP contribution in [0.25, 0.3) is 16.5 Å². The maximum Gasteiger partial charge on any atom is 0.336 e. The summed E-state index contributed by atoms with van der Waals surface area (Å²) in [4.78, 5) is 16.9. The molecule has 1 aromatic carbocycles. The van der Waals surface area contributed by atoms with Crippen LogP contribution in [0.5, 0.6) is 0 Å². The Morgan fingerprint density at radius 1 is 1.31 bits per heavy atom. The van der Waals surface area contributed by atoms with Crippen LogP contribution in [-0.4, -0.2) is 53.2 Å². The van der Waals surface area contributed by atoms with E-state index >= 15 is 0 Å². The van der Waals surface area contributed by atoms with Gasteiger partial charge in [-0.15, -0.1) is 0 Å². The zero-order valence-electron chi connectivity index (χ0n) is 16.2. The van der Waals surface area contributed by atoms with Crippen LogP contribution in [0.4, 0.5) is 4.79 Å². The number of carbonyl (C=O) groups excluding carboxylic acids is 1. The highest BCUT2D eigenvalue weighted by Gasteiger charge is 2.33. The molecule has 0 saturated heterocycles. The van der Waals surface area contributed by atoms with Crippen LogP contribution in [-0.2, 0) is 6.42 Å². The highest BCUT2D eigenvalue weighted by Crippen LogP contribution is 2.42. The summed E-state index contributed by atoms with van der Waals surface area (Å²) in [5.41, 5.74) is 9.52. The number of urea groups is 1. The summed E-state index contributed by atoms with van der Waals surface area (Å²) in [6.07, 6.45) is 4.52. The maximum atomic E-state index is 12.6. The third kappa shape index (κ3) is 2.45. The second-order valence-electron chi connectivity index (χ2n) is 7.34. The van der Waals surface area contributed by atoms with E-state index in [9.17, 15) is 4.79 Å². The van der Waals surface area contributed by atoms with Crippen LogP contribution in [0.3, 0.4) is 0 Å². The molecule has 1 aromatic heterocycles. The van der Waals surface area contributed by atoms with E-state index < -0.39 is 0 Å². The van der Waals surface area contributed by atoms with Gasteiger partial charge in [-0.2, -0.15) is 0 Å². The van der Waals surface area contributed by atoms with Crippen LogP contribution in [0.2, 0.25) is 0 Å². The fourth-order valence-electron chi connectivity index (χ4n) is 4.55. The Labute approximate surface area is 155 Å². The molecule has 2 heterocycles. The number of likely N-dealkylation sites (N-methyl/N-ethyl adjacent to an activating group) is 1. The lowest BCUT2D eigenvalue weighted by atomic mass is 9.81. The summed E-state index contributed by atoms with van der Waals surface area (Å²) in [6, 6.07) is 6.86. The first-order chi connectivity index (χ1) is 12.6. The van der Waals surface area contributed by atoms with Gasteiger partial charge < -0.3 is 4.90 Å². The minimum absolute atomic E-state index is 0.0417. The van der Waals surface area contributed by atoms with E-state index in [4.69, 9.17) is 0 Å². The number of carbonyl (C=O) groups is 1. The van der Waals surface area contributed by atoms with E-state index in [1.165, 1.54) is 22.1 Å². The van der Waals surface area contributed by atoms with Gasteiger partial charge in [0.05, 0.1) is 5.52 Å². The highest BCUT2D eigenvalue weighted by atomic mass is 16.2. The van der Waals surface area contributed by atoms with Crippen molar-refractivity contribution >= 4 is 22.5 Å². The number of benzene rings is 1. The fourth-order valence-corrected chi connectivity index (χ4v) is 4.55. The molecule has 0 spiro atoms. The standard InChI is InChI=1S/C21H28N4O/c1-5-24(6-2)21(26)22-25-14(3)17-13-19-15(10-8-12-23(19)4)16-9-7-11-18(25)20(16)17/h7,9-11,19H,5-6,8,12-13H2,1-4H3,(H,22,26)/t19-/m1/s1. The molecule has 4 rings (SSSR count). The van der Waals surface area contributed by atoms with Crippen molar-refractivity contribution in [3.63, 3.8) is 0 Å². The molecule has 0 bridgehead atoms. The number of hydrogen-bond donors (Lipinski definition) is 1. The zero-order valence-corrected chi connectivity index (χ0v) is 16.2. The van der Waals surface area contributed by atoms with Gasteiger partial charge in [-0.05, 0) is 63.4 Å². The number of rotatable bonds is 3. The Morgan fingerprint density at radius 3 is 2.81 bits per heavy atom. The minimum atomic E-state index is -0.0417. The van der Waals surface area contributed by atoms with Crippen molar-refractivity contribution in [2.75, 3.05) is 32.1 Å². The largest absolute Gasteiger partial charge is 0.336 e. The molecule has 2 aliphatic rings. The van der Waals surface area contributed by atoms with Crippen molar-refractivity contribution < 1.29 is 4.79 Å². The molecule has 1 aliphatic carbocycles. The summed E-state index contributed by atoms with van der Waals surface area (Å²) in [5.74, 6) is 0. The molecule has 1 N–H and O–H groups in total. The Morgan fingerprint density at radius 2 is 2.08 bits per heavy atom. The molecule has 0 fully saturated rings. The average Bonchev–Trinajstić information content (AvgIpc) is 2.91. The van der Waals surface area contributed by atoms with E-state index in [1.54, 1.807) is 0 Å². The van der Waals surface area contributed by atoms with Crippen LogP contribution in [0, 0.1) is 6.92 Å². The van der Waals surface area contributed by atoms with Gasteiger partial charge in [-0.3, -0.25) is 9.58 Å². The van der Waals surface area contributed by atoms with Gasteiger partial charge in [0, 0.05) is 36.8 Å². The van der Waals surface area contributed by atoms with Crippen LogP contribution in [0.15, 0.2) is 24.3 Å². The van der Waals surface area contributed by atoms with E-state index in [2.05, 4.69) is 48.6 Å². The molecule has 2 amide bonds. The van der Waals surface area contributed by atoms with Crippen molar-refractivity contribution in [1.82, 2.24) is 14.5 Å². The average molecular weight is 352 g/mol. The highest BCUT2D eigenvalue weighted by molar-refractivity contribution is 6.00. The fraction of sp³-hybridized carbons (Fsp3) is 0.476. The third-order valence-corrected chi connectivity index (χ3v) is 6.06. The molecule has 26 heavy (non-hydrogen) atoms. The lowest BCUT2D eigenvalue weighted by molar-refractivity contribution is 0.214. The number of fused-ring (bicyclic) bond motifs is 2. The third-order valence-electron chi connectivity index (χ3n) is 6.06. The first-order valence-corrected chi connectivity index (χ1v) is 9.66. The lowest BCUT2D eigenvalue weighted by Gasteiger charge is -2.37. The molecule has 0 radical (unpaired) electrons. The Kier molecular flexibility index (Phi) is 4.27. The SMILES string of the molecule is CCN(CC)C(=O)Nn1c(C)c2c3c(cccc31)C1=CCCN(C)[C@@H]1C2. The minimum Gasteiger partial charge on any atom is -0.324 e. The topological polar surface area (TPSA) is 40.5 Å². The zero-order chi connectivity index (χ0) is 18.4. The van der Waals surface area contributed by atoms with Crippen molar-refractivity contribution in [1.29, 1.82) is 0 Å². The number of nitrogens with one attached hydrogen (secondary N) is 1. The number of aromatic nitrogens is 1. The van der Waals surface area contributed by atoms with Crippen molar-refractivity contribution in [2.45, 2.75) is 39.7 Å². The van der Waals surface area contributed by atoms with Crippen LogP contribution < -0.4 is 5.43 Å². The quantitative estimate of drug-likeness (QED) is 0.917. The molecule has 1 aliphatic heterocycles. The molecule has 0 saturated carbocycles. The smallest absolute Gasteiger partial charge is 0.324 e. The normalized spacial score (nSPS) is 19.2. The first kappa shape index (κ1) is 17.2. The van der Waals surface area contributed by atoms with Gasteiger partial charge in [-0.1, -0.05) is 18.2 Å². The molecule has 0 unspecified atom stereocenters. The van der Waals surface area contributed by atoms with Gasteiger partial charge in [0.15, 0.2) is 0 Å². The second kappa shape index (κ2) is 6.47. The molecule has 5 nitrogen and oxygen atoms in total. The summed E-state index contributed by atoms with van der Waals surface area (Å²) < 4.78 is 1.99. The monoisotopic (exact) mass is 352 g/mol. The molecule has 1 atom stereocenters. The summed E-state index contributed by atoms with van der Waals surface area (Å²) >= 11 is 0. The summed E-state index contributed by atoms with van der Waals surface area (Å²) in [7, 11) is 2.22. The van der Waals surface area contributed by atoms with E-state index in [1.807, 2.05) is 23.4 Å². The molecule has 5 heteroatoms. The van der Waals surface area contributed by atoms with Gasteiger partial charge in [0.25, 0.3) is 0 Å². The molecular formula is C21H28N4O. The molecule has 138 valence electrons. The Bertz CT molecular complexity index is 891. The van der Waals surface area contributed by atoms with E-state index in [-0.39, 0.29) is 6.03 Å². The van der Waals surface area contributed by atoms with Crippen molar-refractivity contribution in [2.24, 2.45) is 0 Å². The van der Waals surface area contributed by atoms with Gasteiger partial charge >= 0.3 is 6.03 Å². The Hall–Kier alpha value is -2.27. The van der Waals surface area contributed by atoms with Crippen molar-refractivity contribution in [3.05, 3.63) is 41.1 Å². The maximum absolute atomic E-state index is 12.6. The second-order valence-corrected chi connectivity index (χ2v) is 7.34. The number of hydrogen-bond acceptors (Lipinski definition) is 2.